The van der Waals surface area contributed by atoms with Crippen LogP contribution < -0.4 is 10.6 Å². The van der Waals surface area contributed by atoms with E-state index < -0.39 is 27.8 Å². The number of amides is 1. The number of carbonyl (C=O) groups is 1. The highest BCUT2D eigenvalue weighted by molar-refractivity contribution is 7.99. The molecule has 1 atom stereocenters. The molecule has 190 valence electrons. The topological polar surface area (TPSA) is 147 Å². The van der Waals surface area contributed by atoms with Gasteiger partial charge in [0.05, 0.1) is 21.5 Å². The predicted octanol–water partition coefficient (Wildman–Crippen LogP) is 3.79. The molecule has 4 aromatic rings. The Hall–Kier alpha value is -3.93. The third kappa shape index (κ3) is 6.45. The number of aromatic nitrogens is 1. The van der Waals surface area contributed by atoms with Crippen LogP contribution in [-0.4, -0.2) is 47.4 Å². The molecule has 3 aromatic carbocycles. The fourth-order valence-corrected chi connectivity index (χ4v) is 4.94. The second-order valence-corrected chi connectivity index (χ2v) is 11.2. The number of hydrogen-bond donors (Lipinski definition) is 3. The monoisotopic (exact) mass is 536 g/mol. The lowest BCUT2D eigenvalue weighted by Gasteiger charge is -2.21. The minimum Gasteiger partial charge on any atom is -0.388 e. The van der Waals surface area contributed by atoms with Gasteiger partial charge in [-0.3, -0.25) is 10.2 Å². The third-order valence-corrected chi connectivity index (χ3v) is 7.45. The van der Waals surface area contributed by atoms with Crippen LogP contribution in [0.4, 0.5) is 0 Å². The van der Waals surface area contributed by atoms with E-state index in [0.29, 0.717) is 16.4 Å². The first-order chi connectivity index (χ1) is 17.6. The minimum atomic E-state index is -3.53. The van der Waals surface area contributed by atoms with E-state index in [9.17, 15) is 18.3 Å². The molecule has 1 unspecified atom stereocenters. The van der Waals surface area contributed by atoms with E-state index in [1.807, 2.05) is 36.4 Å². The molecule has 0 aliphatic heterocycles. The Morgan fingerprint density at radius 1 is 1.08 bits per heavy atom. The van der Waals surface area contributed by atoms with Gasteiger partial charge in [-0.25, -0.2) is 13.4 Å². The Kier molecular flexibility index (Phi) is 7.77. The smallest absolute Gasteiger partial charge is 0.294 e. The summed E-state index contributed by atoms with van der Waals surface area (Å²) < 4.78 is 23.6. The number of aliphatic hydroxyl groups excluding tert-OH is 1. The molecule has 4 N–H and O–H groups in total. The molecule has 9 nitrogen and oxygen atoms in total. The van der Waals surface area contributed by atoms with Crippen LogP contribution in [0.3, 0.4) is 0 Å². The molecule has 0 fully saturated rings. The number of fused-ring (bicyclic) bond motifs is 1. The largest absolute Gasteiger partial charge is 0.388 e. The van der Waals surface area contributed by atoms with Gasteiger partial charge < -0.3 is 15.7 Å². The SMILES string of the molecule is CS(=O)(=O)c1cccc(C(=O)N(Oc2ccc(C(O)CSc3ccc4ccccc4n3)cc2)C(=N)N)c1. The summed E-state index contributed by atoms with van der Waals surface area (Å²) in [7, 11) is -3.53. The second kappa shape index (κ2) is 11.0. The number of aliphatic hydroxyl groups is 1. The molecule has 0 radical (unpaired) electrons. The van der Waals surface area contributed by atoms with Gasteiger partial charge in [-0.1, -0.05) is 42.5 Å². The Bertz CT molecular complexity index is 1560. The highest BCUT2D eigenvalue weighted by Gasteiger charge is 2.23. The van der Waals surface area contributed by atoms with Crippen LogP contribution in [0.1, 0.15) is 22.0 Å². The van der Waals surface area contributed by atoms with E-state index >= 15 is 0 Å². The van der Waals surface area contributed by atoms with Gasteiger partial charge in [-0.15, -0.1) is 16.8 Å². The minimum absolute atomic E-state index is 0.00973. The predicted molar refractivity (Wildman–Crippen MR) is 142 cm³/mol. The highest BCUT2D eigenvalue weighted by atomic mass is 32.2. The maximum Gasteiger partial charge on any atom is 0.294 e. The molecule has 0 saturated carbocycles. The van der Waals surface area contributed by atoms with Crippen molar-refractivity contribution in [1.29, 1.82) is 5.41 Å². The average molecular weight is 537 g/mol. The van der Waals surface area contributed by atoms with Gasteiger partial charge in [0.25, 0.3) is 5.91 Å². The second-order valence-electron chi connectivity index (χ2n) is 8.11. The van der Waals surface area contributed by atoms with Gasteiger partial charge in [0.15, 0.2) is 15.6 Å². The Morgan fingerprint density at radius 2 is 1.81 bits per heavy atom. The number of carbonyl (C=O) groups excluding carboxylic acids is 1. The molecule has 4 rings (SSSR count). The van der Waals surface area contributed by atoms with E-state index in [2.05, 4.69) is 4.98 Å². The van der Waals surface area contributed by atoms with Crippen LogP contribution in [-0.2, 0) is 9.84 Å². The van der Waals surface area contributed by atoms with E-state index in [1.54, 1.807) is 12.1 Å². The zero-order valence-corrected chi connectivity index (χ0v) is 21.4. The van der Waals surface area contributed by atoms with E-state index in [-0.39, 0.29) is 16.2 Å². The van der Waals surface area contributed by atoms with Crippen molar-refractivity contribution in [2.75, 3.05) is 12.0 Å². The van der Waals surface area contributed by atoms with Crippen LogP contribution in [0.5, 0.6) is 5.75 Å². The zero-order valence-electron chi connectivity index (χ0n) is 19.7. The van der Waals surface area contributed by atoms with E-state index in [0.717, 1.165) is 22.2 Å². The normalized spacial score (nSPS) is 12.2. The summed E-state index contributed by atoms with van der Waals surface area (Å²) in [6, 6.07) is 23.4. The average Bonchev–Trinajstić information content (AvgIpc) is 2.89. The quantitative estimate of drug-likeness (QED) is 0.133. The summed E-state index contributed by atoms with van der Waals surface area (Å²) in [5, 5.41) is 20.8. The summed E-state index contributed by atoms with van der Waals surface area (Å²) in [5.74, 6) is -0.914. The molecule has 11 heteroatoms. The first-order valence-electron chi connectivity index (χ1n) is 11.0. The van der Waals surface area contributed by atoms with E-state index in [1.165, 1.54) is 48.2 Å². The van der Waals surface area contributed by atoms with Crippen LogP contribution in [0.15, 0.2) is 94.9 Å². The first kappa shape index (κ1) is 26.1. The fourth-order valence-electron chi connectivity index (χ4n) is 3.42. The lowest BCUT2D eigenvalue weighted by Crippen LogP contribution is -2.43. The summed E-state index contributed by atoms with van der Waals surface area (Å²) in [6.07, 6.45) is 0.249. The van der Waals surface area contributed by atoms with E-state index in [4.69, 9.17) is 16.0 Å². The summed E-state index contributed by atoms with van der Waals surface area (Å²) in [6.45, 7) is 0. The molecule has 1 heterocycles. The Morgan fingerprint density at radius 3 is 2.51 bits per heavy atom. The number of benzene rings is 3. The van der Waals surface area contributed by atoms with Gasteiger partial charge in [-0.2, -0.15) is 0 Å². The van der Waals surface area contributed by atoms with Crippen molar-refractivity contribution in [1.82, 2.24) is 10.0 Å². The number of nitrogens with two attached hydrogens (primary N) is 1. The number of rotatable bonds is 8. The number of guanidine groups is 1. The van der Waals surface area contributed by atoms with Crippen LogP contribution in [0, 0.1) is 5.41 Å². The maximum absolute atomic E-state index is 12.9. The number of thioether (sulfide) groups is 1. The number of nitrogens with zero attached hydrogens (tertiary/aromatic N) is 2. The van der Waals surface area contributed by atoms with Crippen molar-refractivity contribution < 1.29 is 23.2 Å². The molecular weight excluding hydrogens is 512 g/mol. The van der Waals surface area contributed by atoms with Crippen LogP contribution >= 0.6 is 11.8 Å². The lowest BCUT2D eigenvalue weighted by molar-refractivity contribution is 0.0152. The number of para-hydroxylation sites is 1. The van der Waals surface area contributed by atoms with Crippen molar-refractivity contribution in [2.24, 2.45) is 5.73 Å². The third-order valence-electron chi connectivity index (χ3n) is 5.34. The van der Waals surface area contributed by atoms with Crippen molar-refractivity contribution in [3.63, 3.8) is 0 Å². The molecule has 1 aromatic heterocycles. The fraction of sp³-hybridized carbons (Fsp3) is 0.115. The first-order valence-corrected chi connectivity index (χ1v) is 13.9. The molecule has 0 spiro atoms. The Balaban J connectivity index is 1.42. The zero-order chi connectivity index (χ0) is 26.6. The van der Waals surface area contributed by atoms with Crippen molar-refractivity contribution in [3.8, 4) is 5.75 Å². The lowest BCUT2D eigenvalue weighted by atomic mass is 10.1. The van der Waals surface area contributed by atoms with Crippen LogP contribution in [0.25, 0.3) is 10.9 Å². The van der Waals surface area contributed by atoms with Gasteiger partial charge in [0.2, 0.25) is 5.96 Å². The molecule has 0 aliphatic rings. The maximum atomic E-state index is 12.9. The summed E-state index contributed by atoms with van der Waals surface area (Å²) in [4.78, 5) is 22.9. The van der Waals surface area contributed by atoms with Crippen molar-refractivity contribution in [2.45, 2.75) is 16.0 Å². The molecule has 37 heavy (non-hydrogen) atoms. The standard InChI is InChI=1S/C26H24N4O5S2/c1-37(33,34)21-7-4-6-19(15-21)25(32)30(26(27)28)35-20-12-9-18(10-13-20)23(31)16-36-24-14-11-17-5-2-3-8-22(17)29-24/h2-15,23,31H,16H2,1H3,(H3,27,28). The summed E-state index contributed by atoms with van der Waals surface area (Å²) in [5.41, 5.74) is 7.05. The molecule has 0 bridgehead atoms. The van der Waals surface area contributed by atoms with Gasteiger partial charge in [-0.05, 0) is 48.0 Å². The highest BCUT2D eigenvalue weighted by Crippen LogP contribution is 2.26. The van der Waals surface area contributed by atoms with Crippen molar-refractivity contribution >= 4 is 44.4 Å². The van der Waals surface area contributed by atoms with Gasteiger partial charge in [0, 0.05) is 23.0 Å². The number of hydroxylamine groups is 2. The molecule has 0 aliphatic carbocycles. The number of sulfone groups is 1. The van der Waals surface area contributed by atoms with Crippen LogP contribution in [0.2, 0.25) is 0 Å². The molecule has 1 amide bonds. The number of hydrogen-bond acceptors (Lipinski definition) is 8. The summed E-state index contributed by atoms with van der Waals surface area (Å²) >= 11 is 1.43. The number of pyridine rings is 1. The molecular formula is C26H24N4O5S2. The van der Waals surface area contributed by atoms with Crippen molar-refractivity contribution in [3.05, 3.63) is 96.1 Å². The van der Waals surface area contributed by atoms with Gasteiger partial charge in [0.1, 0.15) is 0 Å². The van der Waals surface area contributed by atoms with Gasteiger partial charge >= 0.3 is 0 Å². The molecule has 0 saturated heterocycles. The Labute approximate surface area is 218 Å². The number of nitrogens with one attached hydrogen (secondary N) is 1.